The Balaban J connectivity index is 1.69. The lowest BCUT2D eigenvalue weighted by Gasteiger charge is -2.32. The van der Waals surface area contributed by atoms with E-state index >= 15 is 0 Å². The van der Waals surface area contributed by atoms with Gasteiger partial charge < -0.3 is 9.64 Å². The Morgan fingerprint density at radius 3 is 2.89 bits per heavy atom. The molecule has 1 aliphatic rings. The molecule has 1 N–H and O–H groups in total. The monoisotopic (exact) mass is 250 g/mol. The molecule has 0 aliphatic carbocycles. The first-order valence-corrected chi connectivity index (χ1v) is 6.00. The Morgan fingerprint density at radius 2 is 2.22 bits per heavy atom. The molecule has 98 valence electrons. The number of rotatable bonds is 4. The van der Waals surface area contributed by atoms with E-state index in [4.69, 9.17) is 4.74 Å². The number of piperazine rings is 1. The fraction of sp³-hybridized carbons (Fsp3) is 0.500. The highest BCUT2D eigenvalue weighted by Gasteiger charge is 2.15. The standard InChI is InChI=1S/C12H18N4O2/c1-15-5-7-16(8-6-15)14-12(17)10-18-11-3-2-4-13-9-11/h2-4,9H,5-8,10H2,1H3,(H,14,17). The number of likely N-dealkylation sites (N-methyl/N-ethyl adjacent to an activating group) is 1. The highest BCUT2D eigenvalue weighted by molar-refractivity contribution is 5.76. The van der Waals surface area contributed by atoms with Crippen LogP contribution in [-0.4, -0.2) is 60.6 Å². The van der Waals surface area contributed by atoms with Gasteiger partial charge in [0.15, 0.2) is 6.61 Å². The van der Waals surface area contributed by atoms with Gasteiger partial charge in [-0.25, -0.2) is 5.01 Å². The minimum Gasteiger partial charge on any atom is -0.482 e. The van der Waals surface area contributed by atoms with Crippen molar-refractivity contribution in [1.82, 2.24) is 20.3 Å². The average molecular weight is 250 g/mol. The van der Waals surface area contributed by atoms with Crippen LogP contribution in [0.2, 0.25) is 0 Å². The molecule has 1 aromatic rings. The molecule has 6 heteroatoms. The van der Waals surface area contributed by atoms with Gasteiger partial charge in [-0.3, -0.25) is 15.2 Å². The summed E-state index contributed by atoms with van der Waals surface area (Å²) in [6.07, 6.45) is 3.25. The zero-order valence-electron chi connectivity index (χ0n) is 10.5. The minimum atomic E-state index is -0.136. The number of hydrogen-bond acceptors (Lipinski definition) is 5. The van der Waals surface area contributed by atoms with E-state index < -0.39 is 0 Å². The van der Waals surface area contributed by atoms with E-state index in [1.165, 1.54) is 0 Å². The number of ether oxygens (including phenoxy) is 1. The van der Waals surface area contributed by atoms with Crippen LogP contribution in [0.25, 0.3) is 0 Å². The maximum absolute atomic E-state index is 11.7. The molecular weight excluding hydrogens is 232 g/mol. The van der Waals surface area contributed by atoms with Crippen LogP contribution in [0.15, 0.2) is 24.5 Å². The van der Waals surface area contributed by atoms with Gasteiger partial charge in [-0.1, -0.05) is 0 Å². The summed E-state index contributed by atoms with van der Waals surface area (Å²) in [5.74, 6) is 0.467. The number of pyridine rings is 1. The van der Waals surface area contributed by atoms with Crippen LogP contribution < -0.4 is 10.2 Å². The molecule has 1 saturated heterocycles. The van der Waals surface area contributed by atoms with Gasteiger partial charge in [-0.2, -0.15) is 0 Å². The van der Waals surface area contributed by atoms with Gasteiger partial charge >= 0.3 is 0 Å². The summed E-state index contributed by atoms with van der Waals surface area (Å²) in [4.78, 5) is 17.8. The van der Waals surface area contributed by atoms with Gasteiger partial charge in [0.05, 0.1) is 6.20 Å². The summed E-state index contributed by atoms with van der Waals surface area (Å²) < 4.78 is 5.32. The Kier molecular flexibility index (Phi) is 4.49. The fourth-order valence-electron chi connectivity index (χ4n) is 1.71. The molecule has 1 aliphatic heterocycles. The van der Waals surface area contributed by atoms with Crippen molar-refractivity contribution in [3.05, 3.63) is 24.5 Å². The van der Waals surface area contributed by atoms with E-state index in [0.717, 1.165) is 26.2 Å². The second kappa shape index (κ2) is 6.32. The second-order valence-corrected chi connectivity index (χ2v) is 4.30. The smallest absolute Gasteiger partial charge is 0.272 e. The molecule has 0 radical (unpaired) electrons. The van der Waals surface area contributed by atoms with Crippen LogP contribution in [0.5, 0.6) is 5.75 Å². The summed E-state index contributed by atoms with van der Waals surface area (Å²) in [7, 11) is 2.07. The van der Waals surface area contributed by atoms with Gasteiger partial charge in [0, 0.05) is 32.4 Å². The molecule has 0 unspecified atom stereocenters. The summed E-state index contributed by atoms with van der Waals surface area (Å²) in [5, 5.41) is 1.93. The number of hydrogen-bond donors (Lipinski definition) is 1. The lowest BCUT2D eigenvalue weighted by Crippen LogP contribution is -2.53. The largest absolute Gasteiger partial charge is 0.482 e. The van der Waals surface area contributed by atoms with Crippen LogP contribution in [0.1, 0.15) is 0 Å². The number of aromatic nitrogens is 1. The maximum atomic E-state index is 11.7. The normalized spacial score (nSPS) is 17.4. The molecule has 0 spiro atoms. The average Bonchev–Trinajstić information content (AvgIpc) is 2.40. The predicted octanol–water partition coefficient (Wildman–Crippen LogP) is -0.261. The molecule has 1 aromatic heterocycles. The molecule has 0 atom stereocenters. The van der Waals surface area contributed by atoms with Crippen LogP contribution in [0, 0.1) is 0 Å². The lowest BCUT2D eigenvalue weighted by molar-refractivity contribution is -0.128. The van der Waals surface area contributed by atoms with Crippen molar-refractivity contribution in [2.75, 3.05) is 39.8 Å². The molecular formula is C12H18N4O2. The van der Waals surface area contributed by atoms with E-state index in [2.05, 4.69) is 22.4 Å². The van der Waals surface area contributed by atoms with Crippen LogP contribution in [-0.2, 0) is 4.79 Å². The number of nitrogens with one attached hydrogen (secondary N) is 1. The second-order valence-electron chi connectivity index (χ2n) is 4.30. The number of hydrazine groups is 1. The first kappa shape index (κ1) is 12.8. The van der Waals surface area contributed by atoms with Crippen molar-refractivity contribution in [2.45, 2.75) is 0 Å². The molecule has 1 amide bonds. The fourth-order valence-corrected chi connectivity index (χ4v) is 1.71. The Labute approximate surface area is 107 Å². The van der Waals surface area contributed by atoms with Gasteiger partial charge in [0.25, 0.3) is 5.91 Å². The number of nitrogens with zero attached hydrogens (tertiary/aromatic N) is 3. The molecule has 18 heavy (non-hydrogen) atoms. The van der Waals surface area contributed by atoms with Crippen LogP contribution in [0.4, 0.5) is 0 Å². The van der Waals surface area contributed by atoms with Crippen molar-refractivity contribution < 1.29 is 9.53 Å². The third-order valence-corrected chi connectivity index (χ3v) is 2.79. The third kappa shape index (κ3) is 3.97. The van der Waals surface area contributed by atoms with Crippen molar-refractivity contribution in [3.8, 4) is 5.75 Å². The van der Waals surface area contributed by atoms with Gasteiger partial charge in [0.1, 0.15) is 5.75 Å². The number of carbonyl (C=O) groups is 1. The van der Waals surface area contributed by atoms with E-state index in [-0.39, 0.29) is 12.5 Å². The maximum Gasteiger partial charge on any atom is 0.272 e. The summed E-state index contributed by atoms with van der Waals surface area (Å²) in [5.41, 5.74) is 2.83. The van der Waals surface area contributed by atoms with Crippen molar-refractivity contribution in [1.29, 1.82) is 0 Å². The molecule has 2 heterocycles. The van der Waals surface area contributed by atoms with Gasteiger partial charge in [-0.15, -0.1) is 0 Å². The molecule has 1 fully saturated rings. The van der Waals surface area contributed by atoms with Gasteiger partial charge in [-0.05, 0) is 19.2 Å². The zero-order valence-corrected chi connectivity index (χ0v) is 10.5. The van der Waals surface area contributed by atoms with E-state index in [1.807, 2.05) is 5.01 Å². The summed E-state index contributed by atoms with van der Waals surface area (Å²) in [6, 6.07) is 3.55. The Bertz CT molecular complexity index is 377. The van der Waals surface area contributed by atoms with E-state index in [0.29, 0.717) is 5.75 Å². The molecule has 0 saturated carbocycles. The first-order chi connectivity index (χ1) is 8.74. The van der Waals surface area contributed by atoms with Crippen molar-refractivity contribution in [3.63, 3.8) is 0 Å². The van der Waals surface area contributed by atoms with Crippen LogP contribution in [0.3, 0.4) is 0 Å². The number of amides is 1. The highest BCUT2D eigenvalue weighted by Crippen LogP contribution is 2.05. The molecule has 6 nitrogen and oxygen atoms in total. The van der Waals surface area contributed by atoms with E-state index in [9.17, 15) is 4.79 Å². The minimum absolute atomic E-state index is 0.0119. The van der Waals surface area contributed by atoms with Crippen molar-refractivity contribution >= 4 is 5.91 Å². The summed E-state index contributed by atoms with van der Waals surface area (Å²) >= 11 is 0. The lowest BCUT2D eigenvalue weighted by atomic mass is 10.4. The van der Waals surface area contributed by atoms with Crippen LogP contribution >= 0.6 is 0 Å². The molecule has 2 rings (SSSR count). The Morgan fingerprint density at radius 1 is 1.44 bits per heavy atom. The molecule has 0 aromatic carbocycles. The van der Waals surface area contributed by atoms with Crippen molar-refractivity contribution in [2.24, 2.45) is 0 Å². The molecule has 0 bridgehead atoms. The topological polar surface area (TPSA) is 57.7 Å². The first-order valence-electron chi connectivity index (χ1n) is 6.00. The quantitative estimate of drug-likeness (QED) is 0.798. The number of carbonyl (C=O) groups excluding carboxylic acids is 1. The SMILES string of the molecule is CN1CCN(NC(=O)COc2cccnc2)CC1. The van der Waals surface area contributed by atoms with E-state index in [1.54, 1.807) is 24.5 Å². The third-order valence-electron chi connectivity index (χ3n) is 2.79. The Hall–Kier alpha value is -1.66. The summed E-state index contributed by atoms with van der Waals surface area (Å²) in [6.45, 7) is 3.62. The van der Waals surface area contributed by atoms with Gasteiger partial charge in [0.2, 0.25) is 0 Å². The zero-order chi connectivity index (χ0) is 12.8. The highest BCUT2D eigenvalue weighted by atomic mass is 16.5. The predicted molar refractivity (Wildman–Crippen MR) is 66.9 cm³/mol.